The topological polar surface area (TPSA) is 94.9 Å². The Balaban J connectivity index is 2.36. The van der Waals surface area contributed by atoms with Gasteiger partial charge in [-0.25, -0.2) is 4.39 Å². The van der Waals surface area contributed by atoms with Gasteiger partial charge < -0.3 is 5.73 Å². The highest BCUT2D eigenvalue weighted by Gasteiger charge is 2.19. The number of benzene rings is 1. The third kappa shape index (κ3) is 3.09. The van der Waals surface area contributed by atoms with Gasteiger partial charge in [0.1, 0.15) is 10.8 Å². The first-order chi connectivity index (χ1) is 9.11. The molecule has 1 aromatic carbocycles. The van der Waals surface area contributed by atoms with E-state index in [1.54, 1.807) is 0 Å². The zero-order valence-corrected chi connectivity index (χ0v) is 10.7. The fourth-order valence-electron chi connectivity index (χ4n) is 1.55. The lowest BCUT2D eigenvalue weighted by Crippen LogP contribution is -1.99. The van der Waals surface area contributed by atoms with Crippen molar-refractivity contribution < 1.29 is 9.31 Å². The molecular formula is C11H11FN4O2S. The van der Waals surface area contributed by atoms with E-state index in [0.29, 0.717) is 18.0 Å². The molecule has 19 heavy (non-hydrogen) atoms. The quantitative estimate of drug-likeness (QED) is 0.669. The SMILES string of the molecule is NCCCc1nnc(-c2ccc(F)cc2[N+](=O)[O-])s1. The molecule has 0 aliphatic carbocycles. The number of hydrogen-bond donors (Lipinski definition) is 1. The Kier molecular flexibility index (Phi) is 4.13. The summed E-state index contributed by atoms with van der Waals surface area (Å²) >= 11 is 1.26. The van der Waals surface area contributed by atoms with Gasteiger partial charge in [0.25, 0.3) is 5.69 Å². The van der Waals surface area contributed by atoms with E-state index in [0.717, 1.165) is 17.5 Å². The van der Waals surface area contributed by atoms with Crippen LogP contribution in [0.5, 0.6) is 0 Å². The third-order valence-electron chi connectivity index (χ3n) is 2.45. The molecule has 0 amide bonds. The molecule has 2 N–H and O–H groups in total. The van der Waals surface area contributed by atoms with Gasteiger partial charge in [-0.05, 0) is 25.1 Å². The van der Waals surface area contributed by atoms with Crippen molar-refractivity contribution in [3.05, 3.63) is 39.1 Å². The molecule has 0 aliphatic heterocycles. The summed E-state index contributed by atoms with van der Waals surface area (Å²) in [6.45, 7) is 0.547. The Morgan fingerprint density at radius 1 is 1.42 bits per heavy atom. The predicted molar refractivity (Wildman–Crippen MR) is 69.3 cm³/mol. The summed E-state index contributed by atoms with van der Waals surface area (Å²) in [6, 6.07) is 3.40. The van der Waals surface area contributed by atoms with Gasteiger partial charge in [-0.2, -0.15) is 0 Å². The van der Waals surface area contributed by atoms with Crippen LogP contribution < -0.4 is 5.73 Å². The number of nitro benzene ring substituents is 1. The molecule has 0 unspecified atom stereocenters. The van der Waals surface area contributed by atoms with Gasteiger partial charge in [-0.3, -0.25) is 10.1 Å². The number of nitrogens with two attached hydrogens (primary N) is 1. The Morgan fingerprint density at radius 3 is 2.89 bits per heavy atom. The summed E-state index contributed by atoms with van der Waals surface area (Å²) in [5, 5.41) is 19.9. The van der Waals surface area contributed by atoms with Gasteiger partial charge in [0.15, 0.2) is 5.01 Å². The van der Waals surface area contributed by atoms with Crippen molar-refractivity contribution >= 4 is 17.0 Å². The molecular weight excluding hydrogens is 271 g/mol. The van der Waals surface area contributed by atoms with Crippen LogP contribution in [0.4, 0.5) is 10.1 Å². The second kappa shape index (κ2) is 5.81. The van der Waals surface area contributed by atoms with Gasteiger partial charge in [-0.1, -0.05) is 11.3 Å². The second-order valence-corrected chi connectivity index (χ2v) is 4.87. The van der Waals surface area contributed by atoms with Crippen LogP contribution >= 0.6 is 11.3 Å². The predicted octanol–water partition coefficient (Wildman–Crippen LogP) is 2.14. The van der Waals surface area contributed by atoms with E-state index in [4.69, 9.17) is 5.73 Å². The standard InChI is InChI=1S/C11H11FN4O2S/c12-7-3-4-8(9(6-7)16(17)18)11-15-14-10(19-11)2-1-5-13/h3-4,6H,1-2,5,13H2. The molecule has 0 fully saturated rings. The van der Waals surface area contributed by atoms with Crippen LogP contribution in [0, 0.1) is 15.9 Å². The summed E-state index contributed by atoms with van der Waals surface area (Å²) in [5.41, 5.74) is 5.38. The third-order valence-corrected chi connectivity index (χ3v) is 3.46. The monoisotopic (exact) mass is 282 g/mol. The summed E-state index contributed by atoms with van der Waals surface area (Å²) in [5.74, 6) is -0.650. The van der Waals surface area contributed by atoms with E-state index < -0.39 is 10.7 Å². The molecule has 1 heterocycles. The smallest absolute Gasteiger partial charge is 0.282 e. The average molecular weight is 282 g/mol. The zero-order chi connectivity index (χ0) is 13.8. The van der Waals surface area contributed by atoms with Crippen LogP contribution in [0.1, 0.15) is 11.4 Å². The van der Waals surface area contributed by atoms with Crippen LogP contribution in [0.15, 0.2) is 18.2 Å². The molecule has 0 saturated carbocycles. The molecule has 0 bridgehead atoms. The van der Waals surface area contributed by atoms with Gasteiger partial charge in [0.05, 0.1) is 16.6 Å². The summed E-state index contributed by atoms with van der Waals surface area (Å²) in [6.07, 6.45) is 1.46. The lowest BCUT2D eigenvalue weighted by molar-refractivity contribution is -0.384. The van der Waals surface area contributed by atoms with E-state index in [1.165, 1.54) is 23.5 Å². The van der Waals surface area contributed by atoms with E-state index in [2.05, 4.69) is 10.2 Å². The molecule has 2 rings (SSSR count). The largest absolute Gasteiger partial charge is 0.330 e. The summed E-state index contributed by atoms with van der Waals surface area (Å²) in [7, 11) is 0. The number of aromatic nitrogens is 2. The van der Waals surface area contributed by atoms with Gasteiger partial charge in [0, 0.05) is 6.42 Å². The van der Waals surface area contributed by atoms with Crippen molar-refractivity contribution in [3.8, 4) is 10.6 Å². The van der Waals surface area contributed by atoms with Crippen LogP contribution in [-0.4, -0.2) is 21.7 Å². The van der Waals surface area contributed by atoms with Gasteiger partial charge >= 0.3 is 0 Å². The lowest BCUT2D eigenvalue weighted by atomic mass is 10.2. The van der Waals surface area contributed by atoms with Gasteiger partial charge in [-0.15, -0.1) is 10.2 Å². The molecule has 0 spiro atoms. The number of nitro groups is 1. The Bertz CT molecular complexity index is 602. The van der Waals surface area contributed by atoms with E-state index in [1.807, 2.05) is 0 Å². The first-order valence-electron chi connectivity index (χ1n) is 5.58. The Labute approximate surface area is 112 Å². The van der Waals surface area contributed by atoms with Crippen molar-refractivity contribution in [2.45, 2.75) is 12.8 Å². The molecule has 0 saturated heterocycles. The molecule has 2 aromatic rings. The highest BCUT2D eigenvalue weighted by Crippen LogP contribution is 2.32. The maximum Gasteiger partial charge on any atom is 0.282 e. The van der Waals surface area contributed by atoms with Crippen molar-refractivity contribution in [2.24, 2.45) is 5.73 Å². The molecule has 1 aromatic heterocycles. The number of halogens is 1. The Hall–Kier alpha value is -1.93. The fraction of sp³-hybridized carbons (Fsp3) is 0.273. The maximum atomic E-state index is 13.0. The van der Waals surface area contributed by atoms with Crippen LogP contribution in [0.25, 0.3) is 10.6 Å². The fourth-order valence-corrected chi connectivity index (χ4v) is 2.47. The minimum atomic E-state index is -0.650. The highest BCUT2D eigenvalue weighted by atomic mass is 32.1. The number of aryl methyl sites for hydroxylation is 1. The second-order valence-electron chi connectivity index (χ2n) is 3.81. The van der Waals surface area contributed by atoms with Crippen molar-refractivity contribution in [2.75, 3.05) is 6.54 Å². The minimum absolute atomic E-state index is 0.280. The van der Waals surface area contributed by atoms with Crippen LogP contribution in [-0.2, 0) is 6.42 Å². The van der Waals surface area contributed by atoms with E-state index >= 15 is 0 Å². The molecule has 6 nitrogen and oxygen atoms in total. The van der Waals surface area contributed by atoms with Crippen LogP contribution in [0.2, 0.25) is 0 Å². The summed E-state index contributed by atoms with van der Waals surface area (Å²) < 4.78 is 13.0. The molecule has 8 heteroatoms. The first-order valence-corrected chi connectivity index (χ1v) is 6.40. The molecule has 100 valence electrons. The minimum Gasteiger partial charge on any atom is -0.330 e. The molecule has 0 aliphatic rings. The van der Waals surface area contributed by atoms with Crippen LogP contribution in [0.3, 0.4) is 0 Å². The van der Waals surface area contributed by atoms with E-state index in [-0.39, 0.29) is 11.3 Å². The lowest BCUT2D eigenvalue weighted by Gasteiger charge is -1.98. The van der Waals surface area contributed by atoms with Crippen molar-refractivity contribution in [1.29, 1.82) is 0 Å². The Morgan fingerprint density at radius 2 is 2.21 bits per heavy atom. The van der Waals surface area contributed by atoms with Crippen molar-refractivity contribution in [3.63, 3.8) is 0 Å². The average Bonchev–Trinajstić information content (AvgIpc) is 2.84. The first kappa shape index (κ1) is 13.5. The van der Waals surface area contributed by atoms with E-state index in [9.17, 15) is 14.5 Å². The number of nitrogens with zero attached hydrogens (tertiary/aromatic N) is 3. The van der Waals surface area contributed by atoms with Crippen molar-refractivity contribution in [1.82, 2.24) is 10.2 Å². The number of rotatable bonds is 5. The van der Waals surface area contributed by atoms with Gasteiger partial charge in [0.2, 0.25) is 0 Å². The normalized spacial score (nSPS) is 10.6. The molecule has 0 radical (unpaired) electrons. The highest BCUT2D eigenvalue weighted by molar-refractivity contribution is 7.14. The zero-order valence-electron chi connectivity index (χ0n) is 9.88. The number of hydrogen-bond acceptors (Lipinski definition) is 6. The summed E-state index contributed by atoms with van der Waals surface area (Å²) in [4.78, 5) is 10.3. The molecule has 0 atom stereocenters. The maximum absolute atomic E-state index is 13.0.